The van der Waals surface area contributed by atoms with Crippen molar-refractivity contribution in [2.75, 3.05) is 19.8 Å². The molecule has 0 bridgehead atoms. The lowest BCUT2D eigenvalue weighted by Gasteiger charge is -2.32. The van der Waals surface area contributed by atoms with Crippen molar-refractivity contribution in [1.82, 2.24) is 15.6 Å². The number of nitrogens with zero attached hydrogens (tertiary/aromatic N) is 1. The predicted molar refractivity (Wildman–Crippen MR) is 99.0 cm³/mol. The Hall–Kier alpha value is -2.77. The topological polar surface area (TPSA) is 89.6 Å². The summed E-state index contributed by atoms with van der Waals surface area (Å²) >= 11 is 0. The van der Waals surface area contributed by atoms with Gasteiger partial charge in [-0.1, -0.05) is 24.3 Å². The highest BCUT2D eigenvalue weighted by atomic mass is 16.5. The summed E-state index contributed by atoms with van der Waals surface area (Å²) in [6, 6.07) is 14.3. The normalized spacial score (nSPS) is 19.3. The second-order valence-corrected chi connectivity index (χ2v) is 6.26. The SMILES string of the molecule is O=C(CNC(=O)c1ccccc1)NC1CCOCC1OCc1ccccn1. The maximum absolute atomic E-state index is 12.2. The lowest BCUT2D eigenvalue weighted by Crippen LogP contribution is -2.52. The second kappa shape index (κ2) is 9.80. The van der Waals surface area contributed by atoms with Gasteiger partial charge in [0, 0.05) is 18.4 Å². The van der Waals surface area contributed by atoms with E-state index in [2.05, 4.69) is 15.6 Å². The molecule has 1 aliphatic heterocycles. The van der Waals surface area contributed by atoms with Crippen LogP contribution in [0.25, 0.3) is 0 Å². The van der Waals surface area contributed by atoms with Gasteiger partial charge in [0.15, 0.2) is 0 Å². The number of aromatic nitrogens is 1. The standard InChI is InChI=1S/C20H23N3O4/c24-19(12-22-20(25)15-6-2-1-3-7-15)23-17-9-11-26-14-18(17)27-13-16-8-4-5-10-21-16/h1-8,10,17-18H,9,11-14H2,(H,22,25)(H,23,24). The minimum Gasteiger partial charge on any atom is -0.379 e. The van der Waals surface area contributed by atoms with Crippen molar-refractivity contribution in [3.63, 3.8) is 0 Å². The molecule has 2 unspecified atom stereocenters. The summed E-state index contributed by atoms with van der Waals surface area (Å²) in [6.45, 7) is 1.24. The third-order valence-electron chi connectivity index (χ3n) is 4.27. The Morgan fingerprint density at radius 1 is 1.15 bits per heavy atom. The number of hydrogen-bond donors (Lipinski definition) is 2. The van der Waals surface area contributed by atoms with Crippen molar-refractivity contribution in [3.8, 4) is 0 Å². The van der Waals surface area contributed by atoms with Crippen LogP contribution in [0.2, 0.25) is 0 Å². The van der Waals surface area contributed by atoms with Crippen LogP contribution >= 0.6 is 0 Å². The predicted octanol–water partition coefficient (Wildman–Crippen LogP) is 1.30. The van der Waals surface area contributed by atoms with E-state index in [1.165, 1.54) is 0 Å². The third kappa shape index (κ3) is 5.87. The van der Waals surface area contributed by atoms with Crippen LogP contribution in [-0.4, -0.2) is 48.7 Å². The average Bonchev–Trinajstić information content (AvgIpc) is 2.73. The summed E-state index contributed by atoms with van der Waals surface area (Å²) in [5.41, 5.74) is 1.34. The molecule has 1 saturated heterocycles. The first-order chi connectivity index (χ1) is 13.2. The maximum Gasteiger partial charge on any atom is 0.251 e. The summed E-state index contributed by atoms with van der Waals surface area (Å²) in [4.78, 5) is 28.5. The van der Waals surface area contributed by atoms with Crippen LogP contribution in [0.15, 0.2) is 54.7 Å². The molecule has 2 N–H and O–H groups in total. The van der Waals surface area contributed by atoms with Crippen LogP contribution in [0.1, 0.15) is 22.5 Å². The van der Waals surface area contributed by atoms with E-state index in [0.717, 1.165) is 5.69 Å². The number of pyridine rings is 1. The fourth-order valence-corrected chi connectivity index (χ4v) is 2.83. The van der Waals surface area contributed by atoms with E-state index in [1.807, 2.05) is 24.3 Å². The monoisotopic (exact) mass is 369 g/mol. The van der Waals surface area contributed by atoms with E-state index < -0.39 is 0 Å². The average molecular weight is 369 g/mol. The molecule has 7 nitrogen and oxygen atoms in total. The quantitative estimate of drug-likeness (QED) is 0.768. The highest BCUT2D eigenvalue weighted by molar-refractivity contribution is 5.96. The van der Waals surface area contributed by atoms with Crippen molar-refractivity contribution in [2.45, 2.75) is 25.2 Å². The smallest absolute Gasteiger partial charge is 0.251 e. The largest absolute Gasteiger partial charge is 0.379 e. The lowest BCUT2D eigenvalue weighted by molar-refractivity contribution is -0.125. The van der Waals surface area contributed by atoms with E-state index in [4.69, 9.17) is 9.47 Å². The van der Waals surface area contributed by atoms with Gasteiger partial charge in [-0.05, 0) is 30.7 Å². The molecule has 27 heavy (non-hydrogen) atoms. The summed E-state index contributed by atoms with van der Waals surface area (Å²) in [5, 5.41) is 5.56. The van der Waals surface area contributed by atoms with Gasteiger partial charge < -0.3 is 20.1 Å². The first kappa shape index (κ1) is 19.0. The molecule has 2 aromatic rings. The van der Waals surface area contributed by atoms with E-state index in [-0.39, 0.29) is 30.5 Å². The Bertz CT molecular complexity index is 739. The van der Waals surface area contributed by atoms with Gasteiger partial charge in [-0.2, -0.15) is 0 Å². The van der Waals surface area contributed by atoms with Crippen LogP contribution in [0.4, 0.5) is 0 Å². The number of hydrogen-bond acceptors (Lipinski definition) is 5. The maximum atomic E-state index is 12.2. The zero-order valence-electron chi connectivity index (χ0n) is 15.0. The van der Waals surface area contributed by atoms with Crippen LogP contribution in [0, 0.1) is 0 Å². The lowest BCUT2D eigenvalue weighted by atomic mass is 10.1. The van der Waals surface area contributed by atoms with Crippen molar-refractivity contribution < 1.29 is 19.1 Å². The van der Waals surface area contributed by atoms with Gasteiger partial charge in [0.25, 0.3) is 5.91 Å². The van der Waals surface area contributed by atoms with Crippen molar-refractivity contribution in [1.29, 1.82) is 0 Å². The molecule has 0 spiro atoms. The van der Waals surface area contributed by atoms with Gasteiger partial charge >= 0.3 is 0 Å². The van der Waals surface area contributed by atoms with Gasteiger partial charge in [-0.3, -0.25) is 14.6 Å². The van der Waals surface area contributed by atoms with E-state index in [9.17, 15) is 9.59 Å². The van der Waals surface area contributed by atoms with Crippen molar-refractivity contribution in [2.24, 2.45) is 0 Å². The molecular formula is C20H23N3O4. The number of carbonyl (C=O) groups excluding carboxylic acids is 2. The van der Waals surface area contributed by atoms with Crippen LogP contribution < -0.4 is 10.6 Å². The Kier molecular flexibility index (Phi) is 6.90. The Balaban J connectivity index is 1.46. The zero-order chi connectivity index (χ0) is 18.9. The molecule has 0 aliphatic carbocycles. The van der Waals surface area contributed by atoms with Crippen molar-refractivity contribution >= 4 is 11.8 Å². The van der Waals surface area contributed by atoms with Crippen LogP contribution in [0.3, 0.4) is 0 Å². The number of rotatable bonds is 7. The van der Waals surface area contributed by atoms with Crippen LogP contribution in [0.5, 0.6) is 0 Å². The highest BCUT2D eigenvalue weighted by Gasteiger charge is 2.28. The molecule has 2 amide bonds. The van der Waals surface area contributed by atoms with Gasteiger partial charge in [-0.15, -0.1) is 0 Å². The summed E-state index contributed by atoms with van der Waals surface area (Å²) in [7, 11) is 0. The number of nitrogens with one attached hydrogen (secondary N) is 2. The molecule has 2 atom stereocenters. The second-order valence-electron chi connectivity index (χ2n) is 6.26. The van der Waals surface area contributed by atoms with Crippen LogP contribution in [-0.2, 0) is 20.9 Å². The van der Waals surface area contributed by atoms with E-state index in [0.29, 0.717) is 31.8 Å². The Labute approximate surface area is 158 Å². The molecule has 0 saturated carbocycles. The zero-order valence-corrected chi connectivity index (χ0v) is 15.0. The van der Waals surface area contributed by atoms with E-state index >= 15 is 0 Å². The summed E-state index contributed by atoms with van der Waals surface area (Å²) in [5.74, 6) is -0.529. The summed E-state index contributed by atoms with van der Waals surface area (Å²) < 4.78 is 11.4. The molecule has 1 aromatic carbocycles. The molecule has 1 aromatic heterocycles. The van der Waals surface area contributed by atoms with Gasteiger partial charge in [0.1, 0.15) is 6.10 Å². The number of carbonyl (C=O) groups is 2. The molecule has 3 rings (SSSR count). The van der Waals surface area contributed by atoms with Gasteiger partial charge in [-0.25, -0.2) is 0 Å². The Morgan fingerprint density at radius 2 is 1.96 bits per heavy atom. The molecule has 142 valence electrons. The third-order valence-corrected chi connectivity index (χ3v) is 4.27. The number of ether oxygens (including phenoxy) is 2. The van der Waals surface area contributed by atoms with E-state index in [1.54, 1.807) is 30.5 Å². The molecule has 0 radical (unpaired) electrons. The number of benzene rings is 1. The Morgan fingerprint density at radius 3 is 2.74 bits per heavy atom. The number of amides is 2. The van der Waals surface area contributed by atoms with Gasteiger partial charge in [0.05, 0.1) is 31.5 Å². The molecular weight excluding hydrogens is 346 g/mol. The summed E-state index contributed by atoms with van der Waals surface area (Å²) in [6.07, 6.45) is 2.12. The highest BCUT2D eigenvalue weighted by Crippen LogP contribution is 2.13. The first-order valence-electron chi connectivity index (χ1n) is 8.94. The minimum absolute atomic E-state index is 0.0853. The fourth-order valence-electron chi connectivity index (χ4n) is 2.83. The molecule has 7 heteroatoms. The first-order valence-corrected chi connectivity index (χ1v) is 8.94. The molecule has 1 aliphatic rings. The van der Waals surface area contributed by atoms with Crippen molar-refractivity contribution in [3.05, 3.63) is 66.0 Å². The van der Waals surface area contributed by atoms with Gasteiger partial charge in [0.2, 0.25) is 5.91 Å². The minimum atomic E-state index is -0.277. The fraction of sp³-hybridized carbons (Fsp3) is 0.350. The molecule has 1 fully saturated rings. The molecule has 2 heterocycles.